The van der Waals surface area contributed by atoms with Crippen LogP contribution in [0.3, 0.4) is 0 Å². The highest BCUT2D eigenvalue weighted by Gasteiger charge is 2.16. The first-order valence-corrected chi connectivity index (χ1v) is 7.98. The van der Waals surface area contributed by atoms with Gasteiger partial charge in [0.15, 0.2) is 0 Å². The van der Waals surface area contributed by atoms with Gasteiger partial charge in [-0.3, -0.25) is 0 Å². The lowest BCUT2D eigenvalue weighted by Gasteiger charge is -2.05. The molecule has 0 unspecified atom stereocenters. The number of hydrogen-bond acceptors (Lipinski definition) is 0. The molecule has 0 aromatic rings. The van der Waals surface area contributed by atoms with Gasteiger partial charge in [0.25, 0.3) is 0 Å². The second-order valence-electron chi connectivity index (χ2n) is 3.89. The summed E-state index contributed by atoms with van der Waals surface area (Å²) >= 11 is 0. The van der Waals surface area contributed by atoms with E-state index in [1.807, 2.05) is 6.08 Å². The molecule has 0 saturated carbocycles. The Morgan fingerprint density at radius 2 is 1.83 bits per heavy atom. The Morgan fingerprint density at radius 3 is 2.33 bits per heavy atom. The summed E-state index contributed by atoms with van der Waals surface area (Å²) in [5, 5.41) is 0. The predicted molar refractivity (Wildman–Crippen MR) is 56.7 cm³/mol. The fraction of sp³-hybridized carbons (Fsp3) is 0.800. The lowest BCUT2D eigenvalue weighted by atomic mass is 10.2. The smallest absolute Gasteiger partial charge is 0.244 e. The van der Waals surface area contributed by atoms with Crippen molar-refractivity contribution in [3.8, 4) is 0 Å². The lowest BCUT2D eigenvalue weighted by Crippen LogP contribution is -2.15. The van der Waals surface area contributed by atoms with E-state index in [1.165, 1.54) is 19.3 Å². The molecule has 0 N–H and O–H groups in total. The maximum atomic E-state index is 13.1. The zero-order valence-corrected chi connectivity index (χ0v) is 9.57. The quantitative estimate of drug-likeness (QED) is 0.252. The number of rotatable bonds is 6. The summed E-state index contributed by atoms with van der Waals surface area (Å²) in [6.45, 7) is 5.70. The minimum absolute atomic E-state index is 0.680. The standard InChI is InChI=1S/C10H21FSi/c1-4-5-6-7-8-9-10-12(2,3)11/h8-9H,4-7,10H2,1-3H3. The van der Waals surface area contributed by atoms with Crippen molar-refractivity contribution < 1.29 is 4.11 Å². The van der Waals surface area contributed by atoms with Gasteiger partial charge in [-0.25, -0.2) is 0 Å². The van der Waals surface area contributed by atoms with Crippen molar-refractivity contribution in [1.82, 2.24) is 0 Å². The number of unbranched alkanes of at least 4 members (excludes halogenated alkanes) is 3. The van der Waals surface area contributed by atoms with Gasteiger partial charge in [-0.1, -0.05) is 31.9 Å². The van der Waals surface area contributed by atoms with Gasteiger partial charge in [-0.15, -0.1) is 0 Å². The Bertz CT molecular complexity index is 124. The average Bonchev–Trinajstić information content (AvgIpc) is 1.94. The Balaban J connectivity index is 3.26. The van der Waals surface area contributed by atoms with Gasteiger partial charge in [0.1, 0.15) is 0 Å². The third-order valence-corrected chi connectivity index (χ3v) is 2.95. The van der Waals surface area contributed by atoms with Crippen molar-refractivity contribution in [1.29, 1.82) is 0 Å². The number of halogens is 1. The first-order valence-electron chi connectivity index (χ1n) is 4.90. The third kappa shape index (κ3) is 9.89. The lowest BCUT2D eigenvalue weighted by molar-refractivity contribution is 0.728. The highest BCUT2D eigenvalue weighted by atomic mass is 28.4. The van der Waals surface area contributed by atoms with Gasteiger partial charge < -0.3 is 4.11 Å². The van der Waals surface area contributed by atoms with Crippen LogP contribution in [0.15, 0.2) is 12.2 Å². The fourth-order valence-corrected chi connectivity index (χ4v) is 1.72. The monoisotopic (exact) mass is 188 g/mol. The van der Waals surface area contributed by atoms with Crippen LogP contribution in [-0.4, -0.2) is 8.41 Å². The highest BCUT2D eigenvalue weighted by molar-refractivity contribution is 6.70. The zero-order chi connectivity index (χ0) is 9.45. The van der Waals surface area contributed by atoms with Crippen LogP contribution in [0.4, 0.5) is 4.11 Å². The van der Waals surface area contributed by atoms with Gasteiger partial charge in [0.05, 0.1) is 0 Å². The summed E-state index contributed by atoms with van der Waals surface area (Å²) in [7, 11) is -2.31. The Hall–Kier alpha value is -0.113. The van der Waals surface area contributed by atoms with E-state index in [4.69, 9.17) is 0 Å². The van der Waals surface area contributed by atoms with Gasteiger partial charge in [-0.05, 0) is 32.0 Å². The Labute approximate surface area is 77.1 Å². The van der Waals surface area contributed by atoms with E-state index in [0.29, 0.717) is 6.04 Å². The van der Waals surface area contributed by atoms with Crippen molar-refractivity contribution in [2.24, 2.45) is 0 Å². The summed E-state index contributed by atoms with van der Waals surface area (Å²) in [6, 6.07) is 0.680. The summed E-state index contributed by atoms with van der Waals surface area (Å²) < 4.78 is 13.1. The van der Waals surface area contributed by atoms with E-state index < -0.39 is 8.41 Å². The van der Waals surface area contributed by atoms with Crippen LogP contribution >= 0.6 is 0 Å². The Morgan fingerprint density at radius 1 is 1.17 bits per heavy atom. The minimum atomic E-state index is -2.31. The predicted octanol–water partition coefficient (Wildman–Crippen LogP) is 4.30. The molecule has 72 valence electrons. The molecule has 0 heterocycles. The molecule has 0 radical (unpaired) electrons. The molecule has 0 amide bonds. The molecule has 12 heavy (non-hydrogen) atoms. The minimum Gasteiger partial charge on any atom is -0.314 e. The van der Waals surface area contributed by atoms with Crippen LogP contribution in [0.25, 0.3) is 0 Å². The highest BCUT2D eigenvalue weighted by Crippen LogP contribution is 2.11. The van der Waals surface area contributed by atoms with Crippen LogP contribution in [0.1, 0.15) is 32.6 Å². The first kappa shape index (κ1) is 11.9. The van der Waals surface area contributed by atoms with Gasteiger partial charge >= 0.3 is 0 Å². The molecule has 0 aliphatic rings. The largest absolute Gasteiger partial charge is 0.314 e. The van der Waals surface area contributed by atoms with Crippen LogP contribution in [0.5, 0.6) is 0 Å². The molecule has 0 spiro atoms. The van der Waals surface area contributed by atoms with Crippen molar-refractivity contribution in [3.63, 3.8) is 0 Å². The molecule has 0 aromatic carbocycles. The first-order chi connectivity index (χ1) is 5.56. The van der Waals surface area contributed by atoms with Gasteiger partial charge in [0.2, 0.25) is 8.41 Å². The summed E-state index contributed by atoms with van der Waals surface area (Å²) in [6.07, 6.45) is 9.07. The van der Waals surface area contributed by atoms with Crippen molar-refractivity contribution >= 4 is 8.41 Å². The maximum absolute atomic E-state index is 13.1. The average molecular weight is 188 g/mol. The van der Waals surface area contributed by atoms with E-state index in [0.717, 1.165) is 6.42 Å². The molecular weight excluding hydrogens is 167 g/mol. The van der Waals surface area contributed by atoms with E-state index in [9.17, 15) is 4.11 Å². The fourth-order valence-electron chi connectivity index (χ4n) is 0.994. The zero-order valence-electron chi connectivity index (χ0n) is 8.57. The molecule has 2 heteroatoms. The van der Waals surface area contributed by atoms with Crippen LogP contribution in [-0.2, 0) is 0 Å². The molecule has 0 fully saturated rings. The third-order valence-electron chi connectivity index (χ3n) is 1.74. The summed E-state index contributed by atoms with van der Waals surface area (Å²) in [5.41, 5.74) is 0. The van der Waals surface area contributed by atoms with E-state index in [2.05, 4.69) is 13.0 Å². The molecule has 0 bridgehead atoms. The van der Waals surface area contributed by atoms with Crippen LogP contribution < -0.4 is 0 Å². The van der Waals surface area contributed by atoms with Crippen molar-refractivity contribution in [3.05, 3.63) is 12.2 Å². The normalized spacial score (nSPS) is 12.7. The van der Waals surface area contributed by atoms with Gasteiger partial charge in [0, 0.05) is 0 Å². The summed E-state index contributed by atoms with van der Waals surface area (Å²) in [5.74, 6) is 0. The SMILES string of the molecule is CCCCCC=CC[Si](C)(C)F. The molecule has 0 rings (SSSR count). The van der Waals surface area contributed by atoms with Crippen molar-refractivity contribution in [2.45, 2.75) is 51.7 Å². The number of allylic oxidation sites excluding steroid dienone is 2. The van der Waals surface area contributed by atoms with Gasteiger partial charge in [-0.2, -0.15) is 0 Å². The van der Waals surface area contributed by atoms with E-state index >= 15 is 0 Å². The topological polar surface area (TPSA) is 0 Å². The van der Waals surface area contributed by atoms with Crippen LogP contribution in [0.2, 0.25) is 19.1 Å². The number of hydrogen-bond donors (Lipinski definition) is 0. The molecule has 0 atom stereocenters. The second kappa shape index (κ2) is 6.41. The summed E-state index contributed by atoms with van der Waals surface area (Å²) in [4.78, 5) is 0. The Kier molecular flexibility index (Phi) is 6.35. The van der Waals surface area contributed by atoms with E-state index in [-0.39, 0.29) is 0 Å². The van der Waals surface area contributed by atoms with Crippen molar-refractivity contribution in [2.75, 3.05) is 0 Å². The molecule has 0 aliphatic carbocycles. The molecular formula is C10H21FSi. The second-order valence-corrected chi connectivity index (χ2v) is 7.74. The maximum Gasteiger partial charge on any atom is 0.244 e. The molecule has 0 saturated heterocycles. The molecule has 0 nitrogen and oxygen atoms in total. The molecule has 0 aliphatic heterocycles. The van der Waals surface area contributed by atoms with Crippen LogP contribution in [0, 0.1) is 0 Å². The molecule has 0 aromatic heterocycles. The van der Waals surface area contributed by atoms with E-state index in [1.54, 1.807) is 13.1 Å².